The molecule has 1 aliphatic rings. The lowest BCUT2D eigenvalue weighted by atomic mass is 10.1. The van der Waals surface area contributed by atoms with Crippen LogP contribution >= 0.6 is 0 Å². The molecule has 2 atom stereocenters. The highest BCUT2D eigenvalue weighted by molar-refractivity contribution is 6.02. The van der Waals surface area contributed by atoms with Gasteiger partial charge >= 0.3 is 0 Å². The van der Waals surface area contributed by atoms with E-state index in [1.807, 2.05) is 24.3 Å². The van der Waals surface area contributed by atoms with Gasteiger partial charge in [-0.3, -0.25) is 4.79 Å². The number of fused-ring (bicyclic) bond motifs is 2. The summed E-state index contributed by atoms with van der Waals surface area (Å²) in [5, 5.41) is 17.8. The molecule has 2 aromatic carbocycles. The number of carbonyl (C=O) groups excluding carboxylic acids is 1. The number of nitrogens with zero attached hydrogens (tertiary/aromatic N) is 2. The third kappa shape index (κ3) is 4.01. The lowest BCUT2D eigenvalue weighted by molar-refractivity contribution is 0.0859. The van der Waals surface area contributed by atoms with E-state index in [0.717, 1.165) is 17.2 Å². The van der Waals surface area contributed by atoms with Crippen molar-refractivity contribution in [2.45, 2.75) is 39.0 Å². The second kappa shape index (κ2) is 8.74. The molecule has 180 valence electrons. The molecule has 4 aromatic rings. The smallest absolute Gasteiger partial charge is 0.255 e. The van der Waals surface area contributed by atoms with Crippen molar-refractivity contribution in [1.82, 2.24) is 14.9 Å². The minimum absolute atomic E-state index is 0.136. The molecule has 0 saturated heterocycles. The lowest BCUT2D eigenvalue weighted by Crippen LogP contribution is -2.34. The van der Waals surface area contributed by atoms with Crippen LogP contribution in [0, 0.1) is 31.3 Å². The molecule has 35 heavy (non-hydrogen) atoms. The fourth-order valence-corrected chi connectivity index (χ4v) is 4.55. The van der Waals surface area contributed by atoms with E-state index >= 15 is 0 Å². The summed E-state index contributed by atoms with van der Waals surface area (Å²) in [6, 6.07) is 11.9. The summed E-state index contributed by atoms with van der Waals surface area (Å²) in [5.41, 5.74) is 3.13. The van der Waals surface area contributed by atoms with Gasteiger partial charge in [-0.15, -0.1) is 0 Å². The summed E-state index contributed by atoms with van der Waals surface area (Å²) in [6.07, 6.45) is -0.311. The molecule has 0 saturated carbocycles. The first-order chi connectivity index (χ1) is 16.7. The van der Waals surface area contributed by atoms with Crippen LogP contribution in [0.3, 0.4) is 0 Å². The number of rotatable bonds is 5. The van der Waals surface area contributed by atoms with Gasteiger partial charge in [-0.2, -0.15) is 9.61 Å². The summed E-state index contributed by atoms with van der Waals surface area (Å²) in [6.45, 7) is 2.86. The molecular formula is C26H22F3N3O3. The van der Waals surface area contributed by atoms with Gasteiger partial charge in [0.1, 0.15) is 12.4 Å². The van der Waals surface area contributed by atoms with E-state index in [1.54, 1.807) is 26.0 Å². The largest absolute Gasteiger partial charge is 0.473 e. The van der Waals surface area contributed by atoms with Crippen molar-refractivity contribution < 1.29 is 27.8 Å². The summed E-state index contributed by atoms with van der Waals surface area (Å²) >= 11 is 0. The van der Waals surface area contributed by atoms with E-state index in [9.17, 15) is 23.1 Å². The monoisotopic (exact) mass is 481 g/mol. The van der Waals surface area contributed by atoms with E-state index in [-0.39, 0.29) is 5.88 Å². The average Bonchev–Trinajstić information content (AvgIpc) is 3.32. The SMILES string of the molecule is Cc1cc(OCc2c(F)ccc(F)c2F)n2nc(C)c(C(=O)NC3c4ccccc4CC3O)c2c1. The zero-order valence-electron chi connectivity index (χ0n) is 19.0. The van der Waals surface area contributed by atoms with Crippen LogP contribution in [-0.2, 0) is 13.0 Å². The topological polar surface area (TPSA) is 75.9 Å². The van der Waals surface area contributed by atoms with Gasteiger partial charge in [0.05, 0.1) is 34.5 Å². The molecule has 2 unspecified atom stereocenters. The molecule has 0 aliphatic heterocycles. The number of benzene rings is 2. The van der Waals surface area contributed by atoms with Crippen LogP contribution in [0.25, 0.3) is 5.52 Å². The number of hydrogen-bond donors (Lipinski definition) is 2. The Hall–Kier alpha value is -3.85. The maximum Gasteiger partial charge on any atom is 0.255 e. The van der Waals surface area contributed by atoms with Crippen LogP contribution in [0.4, 0.5) is 13.2 Å². The number of ether oxygens (including phenoxy) is 1. The van der Waals surface area contributed by atoms with Gasteiger partial charge in [0, 0.05) is 12.5 Å². The summed E-state index contributed by atoms with van der Waals surface area (Å²) in [5.74, 6) is -3.71. The Morgan fingerprint density at radius 3 is 2.69 bits per heavy atom. The Balaban J connectivity index is 1.47. The standard InChI is InChI=1S/C26H22F3N3O3/c1-13-9-20-23(26(34)30-25-16-6-4-3-5-15(16)11-21(25)33)14(2)31-32(20)22(10-13)35-12-17-18(27)7-8-19(28)24(17)29/h3-10,21,25,33H,11-12H2,1-2H3,(H,30,34). The van der Waals surface area contributed by atoms with Crippen molar-refractivity contribution in [2.75, 3.05) is 0 Å². The molecule has 0 fully saturated rings. The summed E-state index contributed by atoms with van der Waals surface area (Å²) in [4.78, 5) is 13.3. The van der Waals surface area contributed by atoms with Crippen molar-refractivity contribution in [3.63, 3.8) is 0 Å². The van der Waals surface area contributed by atoms with Crippen LogP contribution in [0.2, 0.25) is 0 Å². The average molecular weight is 481 g/mol. The predicted octanol–water partition coefficient (Wildman–Crippen LogP) is 4.34. The molecular weight excluding hydrogens is 459 g/mol. The number of aromatic nitrogens is 2. The first-order valence-corrected chi connectivity index (χ1v) is 11.1. The number of halogens is 3. The van der Waals surface area contributed by atoms with Gasteiger partial charge in [0.25, 0.3) is 5.91 Å². The Morgan fingerprint density at radius 1 is 1.14 bits per heavy atom. The fraction of sp³-hybridized carbons (Fsp3) is 0.231. The number of aryl methyl sites for hydroxylation is 2. The lowest BCUT2D eigenvalue weighted by Gasteiger charge is -2.18. The number of hydrogen-bond acceptors (Lipinski definition) is 4. The van der Waals surface area contributed by atoms with Crippen molar-refractivity contribution in [3.8, 4) is 5.88 Å². The van der Waals surface area contributed by atoms with Crippen molar-refractivity contribution in [3.05, 3.63) is 99.5 Å². The molecule has 1 aliphatic carbocycles. The number of nitrogens with one attached hydrogen (secondary N) is 1. The third-order valence-electron chi connectivity index (χ3n) is 6.24. The number of pyridine rings is 1. The molecule has 2 N–H and O–H groups in total. The summed E-state index contributed by atoms with van der Waals surface area (Å²) < 4.78 is 48.7. The van der Waals surface area contributed by atoms with Crippen molar-refractivity contribution in [2.24, 2.45) is 0 Å². The predicted molar refractivity (Wildman–Crippen MR) is 122 cm³/mol. The normalized spacial score (nSPS) is 17.0. The van der Waals surface area contributed by atoms with Gasteiger partial charge in [0.2, 0.25) is 5.88 Å². The van der Waals surface area contributed by atoms with E-state index < -0.39 is 47.7 Å². The fourth-order valence-electron chi connectivity index (χ4n) is 4.55. The minimum atomic E-state index is -1.32. The van der Waals surface area contributed by atoms with Crippen LogP contribution in [0.15, 0.2) is 48.5 Å². The first kappa shape index (κ1) is 22.9. The zero-order valence-corrected chi connectivity index (χ0v) is 19.0. The molecule has 1 amide bonds. The van der Waals surface area contributed by atoms with E-state index in [1.165, 1.54) is 4.52 Å². The highest BCUT2D eigenvalue weighted by Gasteiger charge is 2.33. The summed E-state index contributed by atoms with van der Waals surface area (Å²) in [7, 11) is 0. The molecule has 0 radical (unpaired) electrons. The van der Waals surface area contributed by atoms with Gasteiger partial charge in [0.15, 0.2) is 11.6 Å². The highest BCUT2D eigenvalue weighted by Crippen LogP contribution is 2.32. The maximum atomic E-state index is 14.1. The van der Waals surface area contributed by atoms with E-state index in [0.29, 0.717) is 34.8 Å². The third-order valence-corrected chi connectivity index (χ3v) is 6.24. The highest BCUT2D eigenvalue weighted by atomic mass is 19.2. The van der Waals surface area contributed by atoms with Gasteiger partial charge in [-0.05, 0) is 48.7 Å². The van der Waals surface area contributed by atoms with Crippen LogP contribution in [-0.4, -0.2) is 26.7 Å². The first-order valence-electron chi connectivity index (χ1n) is 11.1. The van der Waals surface area contributed by atoms with Gasteiger partial charge < -0.3 is 15.2 Å². The zero-order chi connectivity index (χ0) is 24.9. The van der Waals surface area contributed by atoms with Crippen LogP contribution < -0.4 is 10.1 Å². The van der Waals surface area contributed by atoms with Crippen LogP contribution in [0.5, 0.6) is 5.88 Å². The van der Waals surface area contributed by atoms with Gasteiger partial charge in [-0.1, -0.05) is 24.3 Å². The Morgan fingerprint density at radius 2 is 1.89 bits per heavy atom. The maximum absolute atomic E-state index is 14.1. The molecule has 5 rings (SSSR count). The number of aliphatic hydroxyl groups excluding tert-OH is 1. The molecule has 2 aromatic heterocycles. The van der Waals surface area contributed by atoms with Crippen LogP contribution in [0.1, 0.15) is 44.3 Å². The molecule has 2 heterocycles. The minimum Gasteiger partial charge on any atom is -0.473 e. The molecule has 0 bridgehead atoms. The Kier molecular flexibility index (Phi) is 5.72. The van der Waals surface area contributed by atoms with E-state index in [2.05, 4.69) is 10.4 Å². The van der Waals surface area contributed by atoms with Crippen molar-refractivity contribution >= 4 is 11.4 Å². The molecule has 0 spiro atoms. The van der Waals surface area contributed by atoms with E-state index in [4.69, 9.17) is 4.74 Å². The number of carbonyl (C=O) groups is 1. The molecule has 9 heteroatoms. The number of amides is 1. The Bertz CT molecular complexity index is 1470. The van der Waals surface area contributed by atoms with Gasteiger partial charge in [-0.25, -0.2) is 13.2 Å². The molecule has 6 nitrogen and oxygen atoms in total. The Labute approximate surface area is 199 Å². The van der Waals surface area contributed by atoms with Crippen molar-refractivity contribution in [1.29, 1.82) is 0 Å². The quantitative estimate of drug-likeness (QED) is 0.416. The second-order valence-electron chi connectivity index (χ2n) is 8.66. The number of aliphatic hydroxyl groups is 1. The second-order valence-corrected chi connectivity index (χ2v) is 8.66.